The highest BCUT2D eigenvalue weighted by Gasteiger charge is 2.07. The maximum Gasteiger partial charge on any atom is 0.146 e. The third kappa shape index (κ3) is 3.57. The van der Waals surface area contributed by atoms with Crippen LogP contribution in [0.15, 0.2) is 48.5 Å². The SMILES string of the molecule is CCCc1ccc(C(C)Nc2ccccc2F)cc1. The van der Waals surface area contributed by atoms with Crippen LogP contribution in [0.1, 0.15) is 37.4 Å². The minimum atomic E-state index is -0.211. The Balaban J connectivity index is 2.07. The normalized spacial score (nSPS) is 12.2. The van der Waals surface area contributed by atoms with Crippen molar-refractivity contribution in [3.63, 3.8) is 0 Å². The standard InChI is InChI=1S/C17H20FN/c1-3-6-14-9-11-15(12-10-14)13(2)19-17-8-5-4-7-16(17)18/h4-5,7-13,19H,3,6H2,1-2H3. The smallest absolute Gasteiger partial charge is 0.146 e. The zero-order valence-corrected chi connectivity index (χ0v) is 11.5. The number of aryl methyl sites for hydroxylation is 1. The van der Waals surface area contributed by atoms with Crippen LogP contribution in [0.2, 0.25) is 0 Å². The van der Waals surface area contributed by atoms with E-state index >= 15 is 0 Å². The molecule has 1 N–H and O–H groups in total. The molecule has 1 nitrogen and oxygen atoms in total. The third-order valence-electron chi connectivity index (χ3n) is 3.26. The van der Waals surface area contributed by atoms with Crippen LogP contribution in [-0.2, 0) is 6.42 Å². The molecule has 1 atom stereocenters. The molecule has 0 aliphatic rings. The van der Waals surface area contributed by atoms with Crippen LogP contribution in [0.3, 0.4) is 0 Å². The minimum absolute atomic E-state index is 0.0903. The van der Waals surface area contributed by atoms with Crippen molar-refractivity contribution in [3.8, 4) is 0 Å². The van der Waals surface area contributed by atoms with Crippen molar-refractivity contribution in [2.75, 3.05) is 5.32 Å². The van der Waals surface area contributed by atoms with Gasteiger partial charge in [-0.25, -0.2) is 4.39 Å². The predicted molar refractivity (Wildman–Crippen MR) is 78.9 cm³/mol. The van der Waals surface area contributed by atoms with E-state index in [9.17, 15) is 4.39 Å². The van der Waals surface area contributed by atoms with Crippen molar-refractivity contribution in [1.82, 2.24) is 0 Å². The lowest BCUT2D eigenvalue weighted by Gasteiger charge is -2.16. The van der Waals surface area contributed by atoms with Gasteiger partial charge in [-0.1, -0.05) is 49.7 Å². The summed E-state index contributed by atoms with van der Waals surface area (Å²) in [5.41, 5.74) is 3.07. The average molecular weight is 257 g/mol. The summed E-state index contributed by atoms with van der Waals surface area (Å²) in [5.74, 6) is -0.211. The Hall–Kier alpha value is -1.83. The predicted octanol–water partition coefficient (Wildman–Crippen LogP) is 4.95. The average Bonchev–Trinajstić information content (AvgIpc) is 2.42. The molecule has 0 amide bonds. The van der Waals surface area contributed by atoms with Crippen molar-refractivity contribution in [3.05, 3.63) is 65.5 Å². The molecule has 2 aromatic carbocycles. The Morgan fingerprint density at radius 2 is 1.74 bits per heavy atom. The number of rotatable bonds is 5. The molecule has 0 aliphatic heterocycles. The van der Waals surface area contributed by atoms with Gasteiger partial charge in [-0.15, -0.1) is 0 Å². The second-order valence-corrected chi connectivity index (χ2v) is 4.84. The summed E-state index contributed by atoms with van der Waals surface area (Å²) in [6.07, 6.45) is 2.26. The van der Waals surface area contributed by atoms with Crippen LogP contribution in [0, 0.1) is 5.82 Å². The van der Waals surface area contributed by atoms with E-state index in [1.807, 2.05) is 13.0 Å². The molecule has 2 rings (SSSR count). The fourth-order valence-corrected chi connectivity index (χ4v) is 2.16. The summed E-state index contributed by atoms with van der Waals surface area (Å²) >= 11 is 0. The second-order valence-electron chi connectivity index (χ2n) is 4.84. The number of nitrogens with one attached hydrogen (secondary N) is 1. The highest BCUT2D eigenvalue weighted by molar-refractivity contribution is 5.46. The summed E-state index contributed by atoms with van der Waals surface area (Å²) in [6.45, 7) is 4.22. The molecule has 0 aromatic heterocycles. The molecule has 0 saturated heterocycles. The molecule has 1 unspecified atom stereocenters. The molecule has 2 aromatic rings. The Morgan fingerprint density at radius 1 is 1.05 bits per heavy atom. The van der Waals surface area contributed by atoms with Crippen molar-refractivity contribution in [2.24, 2.45) is 0 Å². The van der Waals surface area contributed by atoms with Gasteiger partial charge in [0.15, 0.2) is 0 Å². The van der Waals surface area contributed by atoms with Gasteiger partial charge < -0.3 is 5.32 Å². The van der Waals surface area contributed by atoms with Gasteiger partial charge >= 0.3 is 0 Å². The largest absolute Gasteiger partial charge is 0.376 e. The molecule has 0 heterocycles. The molecule has 2 heteroatoms. The quantitative estimate of drug-likeness (QED) is 0.799. The monoisotopic (exact) mass is 257 g/mol. The molecule has 0 fully saturated rings. The minimum Gasteiger partial charge on any atom is -0.376 e. The Labute approximate surface area is 114 Å². The topological polar surface area (TPSA) is 12.0 Å². The first-order valence-corrected chi connectivity index (χ1v) is 6.80. The van der Waals surface area contributed by atoms with Crippen LogP contribution in [0.4, 0.5) is 10.1 Å². The first-order chi connectivity index (χ1) is 9.20. The lowest BCUT2D eigenvalue weighted by Crippen LogP contribution is -2.07. The lowest BCUT2D eigenvalue weighted by molar-refractivity contribution is 0.627. The number of hydrogen-bond acceptors (Lipinski definition) is 1. The molecule has 0 bridgehead atoms. The van der Waals surface area contributed by atoms with Gasteiger partial charge in [0.1, 0.15) is 5.82 Å². The van der Waals surface area contributed by atoms with Gasteiger partial charge in [0, 0.05) is 6.04 Å². The Morgan fingerprint density at radius 3 is 2.37 bits per heavy atom. The molecule has 100 valence electrons. The van der Waals surface area contributed by atoms with Gasteiger partial charge in [0.25, 0.3) is 0 Å². The van der Waals surface area contributed by atoms with E-state index in [1.165, 1.54) is 17.2 Å². The Bertz CT molecular complexity index is 519. The van der Waals surface area contributed by atoms with E-state index in [4.69, 9.17) is 0 Å². The second kappa shape index (κ2) is 6.37. The van der Waals surface area contributed by atoms with Crippen LogP contribution < -0.4 is 5.32 Å². The maximum atomic E-state index is 13.6. The van der Waals surface area contributed by atoms with Gasteiger partial charge in [0.2, 0.25) is 0 Å². The molecule has 0 aliphatic carbocycles. The summed E-state index contributed by atoms with van der Waals surface area (Å²) in [5, 5.41) is 3.20. The van der Waals surface area contributed by atoms with E-state index in [0.29, 0.717) is 5.69 Å². The summed E-state index contributed by atoms with van der Waals surface area (Å²) in [7, 11) is 0. The van der Waals surface area contributed by atoms with Crippen LogP contribution >= 0.6 is 0 Å². The Kier molecular flexibility index (Phi) is 4.56. The van der Waals surface area contributed by atoms with E-state index in [2.05, 4.69) is 36.5 Å². The maximum absolute atomic E-state index is 13.6. The highest BCUT2D eigenvalue weighted by atomic mass is 19.1. The van der Waals surface area contributed by atoms with E-state index in [0.717, 1.165) is 12.8 Å². The van der Waals surface area contributed by atoms with Crippen molar-refractivity contribution in [2.45, 2.75) is 32.7 Å². The number of hydrogen-bond donors (Lipinski definition) is 1. The number of halogens is 1. The van der Waals surface area contributed by atoms with E-state index < -0.39 is 0 Å². The van der Waals surface area contributed by atoms with Crippen LogP contribution in [-0.4, -0.2) is 0 Å². The fraction of sp³-hybridized carbons (Fsp3) is 0.294. The summed E-state index contributed by atoms with van der Waals surface area (Å²) in [6, 6.07) is 15.4. The number of benzene rings is 2. The molecule has 19 heavy (non-hydrogen) atoms. The summed E-state index contributed by atoms with van der Waals surface area (Å²) < 4.78 is 13.6. The zero-order valence-electron chi connectivity index (χ0n) is 11.5. The number of anilines is 1. The molecule has 0 saturated carbocycles. The van der Waals surface area contributed by atoms with Gasteiger partial charge in [-0.2, -0.15) is 0 Å². The lowest BCUT2D eigenvalue weighted by atomic mass is 10.0. The number of para-hydroxylation sites is 1. The first kappa shape index (κ1) is 13.6. The van der Waals surface area contributed by atoms with Crippen LogP contribution in [0.5, 0.6) is 0 Å². The van der Waals surface area contributed by atoms with Crippen molar-refractivity contribution in [1.29, 1.82) is 0 Å². The van der Waals surface area contributed by atoms with Crippen LogP contribution in [0.25, 0.3) is 0 Å². The first-order valence-electron chi connectivity index (χ1n) is 6.80. The zero-order chi connectivity index (χ0) is 13.7. The van der Waals surface area contributed by atoms with Gasteiger partial charge in [-0.05, 0) is 36.6 Å². The van der Waals surface area contributed by atoms with E-state index in [1.54, 1.807) is 12.1 Å². The molecular weight excluding hydrogens is 237 g/mol. The summed E-state index contributed by atoms with van der Waals surface area (Å²) in [4.78, 5) is 0. The molecular formula is C17H20FN. The van der Waals surface area contributed by atoms with Gasteiger partial charge in [-0.3, -0.25) is 0 Å². The van der Waals surface area contributed by atoms with Gasteiger partial charge in [0.05, 0.1) is 5.69 Å². The van der Waals surface area contributed by atoms with E-state index in [-0.39, 0.29) is 11.9 Å². The molecule has 0 radical (unpaired) electrons. The van der Waals surface area contributed by atoms with Crippen molar-refractivity contribution < 1.29 is 4.39 Å². The third-order valence-corrected chi connectivity index (χ3v) is 3.26. The molecule has 0 spiro atoms. The van der Waals surface area contributed by atoms with Crippen molar-refractivity contribution >= 4 is 5.69 Å². The highest BCUT2D eigenvalue weighted by Crippen LogP contribution is 2.21. The fourth-order valence-electron chi connectivity index (χ4n) is 2.16.